The lowest BCUT2D eigenvalue weighted by molar-refractivity contribution is 0.106. The Morgan fingerprint density at radius 2 is 0.865 bits per heavy atom. The van der Waals surface area contributed by atoms with Gasteiger partial charge in [0.05, 0.1) is 64.7 Å². The fourth-order valence-corrected chi connectivity index (χ4v) is 15.3. The minimum absolute atomic E-state index is 0.0121. The molecule has 8 aromatic rings. The summed E-state index contributed by atoms with van der Waals surface area (Å²) in [5, 5.41) is 50.5. The van der Waals surface area contributed by atoms with E-state index in [1.807, 2.05) is 56.9 Å². The number of carbonyl (C=O) groups excluding carboxylic acids is 4. The molecule has 16 rings (SSSR count). The first-order chi connectivity index (χ1) is 50.2. The largest absolute Gasteiger partial charge is 0.372 e. The van der Waals surface area contributed by atoms with Crippen LogP contribution < -0.4 is 21.3 Å². The first-order valence-electron chi connectivity index (χ1n) is 35.3. The third-order valence-corrected chi connectivity index (χ3v) is 21.4. The number of nitriles is 1. The summed E-state index contributed by atoms with van der Waals surface area (Å²) in [6.07, 6.45) is 12.3. The number of nitrogens with one attached hydrogen (secondary N) is 8. The van der Waals surface area contributed by atoms with E-state index in [1.165, 1.54) is 36.5 Å². The Hall–Kier alpha value is -9.19. The van der Waals surface area contributed by atoms with Crippen molar-refractivity contribution in [2.75, 3.05) is 47.7 Å². The number of hydrogen-bond acceptors (Lipinski definition) is 14. The van der Waals surface area contributed by atoms with Gasteiger partial charge in [0.15, 0.2) is 5.82 Å². The van der Waals surface area contributed by atoms with Crippen molar-refractivity contribution in [3.8, 4) is 6.07 Å². The van der Waals surface area contributed by atoms with E-state index in [1.54, 1.807) is 32.9 Å². The van der Waals surface area contributed by atoms with Crippen LogP contribution in [0, 0.1) is 35.7 Å². The van der Waals surface area contributed by atoms with E-state index in [9.17, 15) is 32.3 Å². The Labute approximate surface area is 615 Å². The van der Waals surface area contributed by atoms with E-state index in [4.69, 9.17) is 24.2 Å². The number of halogens is 5. The zero-order chi connectivity index (χ0) is 72.9. The Kier molecular flexibility index (Phi) is 22.8. The molecule has 4 saturated heterocycles. The van der Waals surface area contributed by atoms with E-state index >= 15 is 0 Å². The van der Waals surface area contributed by atoms with Crippen LogP contribution in [0.3, 0.4) is 0 Å². The number of H-pyrrole nitrogens is 4. The van der Waals surface area contributed by atoms with Gasteiger partial charge in [0.2, 0.25) is 0 Å². The molecule has 0 aliphatic carbocycles. The van der Waals surface area contributed by atoms with Gasteiger partial charge in [0, 0.05) is 145 Å². The predicted molar refractivity (Wildman–Crippen MR) is 385 cm³/mol. The van der Waals surface area contributed by atoms with Crippen LogP contribution in [0.25, 0.3) is 0 Å². The topological polar surface area (TPSA) is 318 Å². The number of aryl methyl sites for hydroxylation is 1. The third kappa shape index (κ3) is 16.3. The third-order valence-electron chi connectivity index (χ3n) is 20.2. The number of carbonyl (C=O) groups is 4. The Bertz CT molecular complexity index is 4480. The van der Waals surface area contributed by atoms with E-state index in [0.29, 0.717) is 54.9 Å². The van der Waals surface area contributed by atoms with Crippen LogP contribution in [0.2, 0.25) is 0 Å². The molecular formula is C73H83Br2F3N18O8. The second-order valence-corrected chi connectivity index (χ2v) is 29.1. The number of aromatic amines is 4. The van der Waals surface area contributed by atoms with Crippen LogP contribution in [0.15, 0.2) is 82.0 Å². The fraction of sp³-hybridized carbons (Fsp3) is 0.452. The summed E-state index contributed by atoms with van der Waals surface area (Å²) >= 11 is 6.17. The van der Waals surface area contributed by atoms with Crippen molar-refractivity contribution in [1.29, 1.82) is 5.26 Å². The number of hydrogen-bond donors (Lipinski definition) is 8. The number of urea groups is 4. The molecule has 26 nitrogen and oxygen atoms in total. The number of fused-ring (bicyclic) bond motifs is 4. The minimum atomic E-state index is -0.605. The maximum Gasteiger partial charge on any atom is 0.322 e. The lowest BCUT2D eigenvalue weighted by Crippen LogP contribution is -2.45. The molecule has 0 saturated carbocycles. The highest BCUT2D eigenvalue weighted by atomic mass is 79.9. The summed E-state index contributed by atoms with van der Waals surface area (Å²) in [7, 11) is 0. The van der Waals surface area contributed by atoms with Crippen molar-refractivity contribution in [2.45, 2.75) is 186 Å². The van der Waals surface area contributed by atoms with Gasteiger partial charge in [-0.15, -0.1) is 0 Å². The van der Waals surface area contributed by atoms with Gasteiger partial charge < -0.3 is 59.8 Å². The van der Waals surface area contributed by atoms with Crippen LogP contribution in [0.1, 0.15) is 182 Å². The van der Waals surface area contributed by atoms with Gasteiger partial charge in [-0.2, -0.15) is 25.7 Å². The number of amides is 8. The molecule has 104 heavy (non-hydrogen) atoms. The normalized spacial score (nSPS) is 22.2. The summed E-state index contributed by atoms with van der Waals surface area (Å²) < 4.78 is 64.4. The average Bonchev–Trinajstić information content (AvgIpc) is 1.64. The number of aromatic nitrogens is 9. The zero-order valence-electron chi connectivity index (χ0n) is 58.3. The van der Waals surface area contributed by atoms with Gasteiger partial charge in [-0.1, -0.05) is 12.1 Å². The van der Waals surface area contributed by atoms with Crippen LogP contribution >= 0.6 is 31.9 Å². The maximum atomic E-state index is 14.1. The Morgan fingerprint density at radius 3 is 1.22 bits per heavy atom. The van der Waals surface area contributed by atoms with Crippen molar-refractivity contribution >= 4 is 78.7 Å². The summed E-state index contributed by atoms with van der Waals surface area (Å²) in [6, 6.07) is 18.7. The minimum Gasteiger partial charge on any atom is -0.372 e. The highest BCUT2D eigenvalue weighted by Crippen LogP contribution is 2.40. The molecule has 13 heterocycles. The SMILES string of the molecule is CC1Cc2[nH]nc(C3CCCO3)c2CN1C(=O)Nc1ccc(F)c(Br)c1.CC1Cc2[nH]nc(C3CCCO3)c2CN1C(=O)Nc1ccc(F)c(C#N)c1.CC1Cc2[nH]nc(C3CCCO3)c2CN1C(=O)Nc1ccnc(Br)c1F.Cc1cccc(NC(=O)N2Cc3c(C4CCCO4)n[nH]c3CC2C)c1. The van der Waals surface area contributed by atoms with Gasteiger partial charge in [-0.25, -0.2) is 37.3 Å². The quantitative estimate of drug-likeness (QED) is 0.0656. The molecule has 8 N–H and O–H groups in total. The Morgan fingerprint density at radius 1 is 0.500 bits per heavy atom. The van der Waals surface area contributed by atoms with Gasteiger partial charge in [-0.3, -0.25) is 20.4 Å². The first-order valence-corrected chi connectivity index (χ1v) is 36.9. The smallest absolute Gasteiger partial charge is 0.322 e. The lowest BCUT2D eigenvalue weighted by Gasteiger charge is -2.33. The van der Waals surface area contributed by atoms with Crippen molar-refractivity contribution in [3.05, 3.63) is 178 Å². The standard InChI is InChI=1S/C19H20FN5O2.C19H24N4O2.C18H20BrFN4O2.C17H19BrFN5O2/c1-11-7-16-14(18(24-23-16)17-3-2-6-27-17)10-25(11)19(26)22-13-4-5-15(20)12(8-13)9-21;1-12-5-3-6-14(9-12)20-19(24)23-11-15-16(10-13(23)2)21-22-18(15)17-7-4-8-25-17;1-10-7-15-12(17(23-22-15)16-3-2-6-26-16)9-24(10)18(25)21-11-4-5-14(20)13(19)8-11;1-9-7-12-10(15(23-22-12)13-3-2-6-26-13)8-24(9)17(25)21-11-4-5-20-16(18)14(11)19/h4-5,8,11,17H,2-3,6-7,10H2,1H3,(H,22,26)(H,23,24);3,5-6,9,13,17H,4,7-8,10-11H2,1-2H3,(H,20,24)(H,21,22);4-5,8,10,16H,2-3,6-7,9H2,1H3,(H,21,25)(H,22,23);4-5,9,13H,2-3,6-8H2,1H3,(H,22,23)(H,20,21,25). The molecule has 8 aliphatic rings. The Balaban J connectivity index is 0.000000123. The number of anilines is 4. The van der Waals surface area contributed by atoms with Crippen molar-refractivity contribution in [1.82, 2.24) is 65.4 Å². The molecule has 8 aliphatic heterocycles. The van der Waals surface area contributed by atoms with Gasteiger partial charge in [0.1, 0.15) is 46.7 Å². The molecule has 3 aromatic carbocycles. The van der Waals surface area contributed by atoms with E-state index < -0.39 is 11.6 Å². The summed E-state index contributed by atoms with van der Waals surface area (Å²) in [4.78, 5) is 62.1. The molecule has 8 amide bonds. The van der Waals surface area contributed by atoms with E-state index in [2.05, 4.69) is 106 Å². The number of nitrogens with zero attached hydrogens (tertiary/aromatic N) is 10. The molecular weight excluding hydrogens is 1470 g/mol. The second-order valence-electron chi connectivity index (χ2n) is 27.5. The first kappa shape index (κ1) is 73.1. The van der Waals surface area contributed by atoms with Crippen LogP contribution in [0.4, 0.5) is 55.1 Å². The molecule has 548 valence electrons. The van der Waals surface area contributed by atoms with Crippen molar-refractivity contribution in [3.63, 3.8) is 0 Å². The van der Waals surface area contributed by atoms with Crippen LogP contribution in [0.5, 0.6) is 0 Å². The van der Waals surface area contributed by atoms with Crippen LogP contribution in [-0.4, -0.2) is 140 Å². The van der Waals surface area contributed by atoms with E-state index in [-0.39, 0.29) is 94.4 Å². The molecule has 0 bridgehead atoms. The molecule has 0 radical (unpaired) electrons. The predicted octanol–water partition coefficient (Wildman–Crippen LogP) is 14.5. The second kappa shape index (κ2) is 32.4. The fourth-order valence-electron chi connectivity index (χ4n) is 14.6. The highest BCUT2D eigenvalue weighted by Gasteiger charge is 2.39. The van der Waals surface area contributed by atoms with Crippen molar-refractivity contribution in [2.24, 2.45) is 0 Å². The number of benzene rings is 3. The molecule has 8 unspecified atom stereocenters. The van der Waals surface area contributed by atoms with Gasteiger partial charge in [-0.05, 0) is 178 Å². The zero-order valence-corrected chi connectivity index (χ0v) is 61.5. The molecule has 4 fully saturated rings. The number of pyridine rings is 1. The molecule has 8 atom stereocenters. The molecule has 31 heteroatoms. The molecule has 5 aromatic heterocycles. The van der Waals surface area contributed by atoms with Gasteiger partial charge >= 0.3 is 24.1 Å². The van der Waals surface area contributed by atoms with Crippen LogP contribution in [-0.2, 0) is 70.8 Å². The molecule has 0 spiro atoms. The summed E-state index contributed by atoms with van der Waals surface area (Å²) in [5.41, 5.74) is 15.1. The average molecular weight is 1560 g/mol. The van der Waals surface area contributed by atoms with Gasteiger partial charge in [0.25, 0.3) is 0 Å². The number of rotatable bonds is 8. The maximum absolute atomic E-state index is 14.1. The summed E-state index contributed by atoms with van der Waals surface area (Å²) in [5.74, 6) is -1.56. The highest BCUT2D eigenvalue weighted by molar-refractivity contribution is 9.10. The number of ether oxygens (including phenoxy) is 4. The monoisotopic (exact) mass is 1550 g/mol. The summed E-state index contributed by atoms with van der Waals surface area (Å²) in [6.45, 7) is 15.0. The van der Waals surface area contributed by atoms with Crippen molar-refractivity contribution < 1.29 is 51.3 Å². The lowest BCUT2D eigenvalue weighted by atomic mass is 9.97. The van der Waals surface area contributed by atoms with E-state index in [0.717, 1.165) is 170 Å².